The fourth-order valence-corrected chi connectivity index (χ4v) is 7.12. The van der Waals surface area contributed by atoms with Gasteiger partial charge in [0, 0.05) is 51.9 Å². The van der Waals surface area contributed by atoms with Crippen molar-refractivity contribution < 1.29 is 13.2 Å². The summed E-state index contributed by atoms with van der Waals surface area (Å²) in [5, 5.41) is 0.895. The van der Waals surface area contributed by atoms with Crippen molar-refractivity contribution in [3.05, 3.63) is 122 Å². The third-order valence-corrected chi connectivity index (χ3v) is 9.58. The van der Waals surface area contributed by atoms with Gasteiger partial charge >= 0.3 is 0 Å². The molecule has 2 heterocycles. The van der Waals surface area contributed by atoms with Crippen LogP contribution in [0.2, 0.25) is 10.0 Å². The quantitative estimate of drug-likeness (QED) is 0.212. The summed E-state index contributed by atoms with van der Waals surface area (Å²) in [6, 6.07) is 21.8. The van der Waals surface area contributed by atoms with Crippen molar-refractivity contribution in [1.29, 1.82) is 0 Å². The lowest BCUT2D eigenvalue weighted by Gasteiger charge is -2.39. The van der Waals surface area contributed by atoms with E-state index in [9.17, 15) is 18.0 Å². The van der Waals surface area contributed by atoms with Crippen molar-refractivity contribution in [1.82, 2.24) is 9.71 Å². The third kappa shape index (κ3) is 5.44. The number of amides is 1. The number of carbonyl (C=O) groups is 1. The number of sulfonamides is 1. The summed E-state index contributed by atoms with van der Waals surface area (Å²) in [7, 11) is -4.31. The van der Waals surface area contributed by atoms with Gasteiger partial charge in [-0.1, -0.05) is 65.5 Å². The predicted molar refractivity (Wildman–Crippen MR) is 165 cm³/mol. The van der Waals surface area contributed by atoms with E-state index in [2.05, 4.69) is 14.4 Å². The zero-order chi connectivity index (χ0) is 29.4. The molecule has 0 saturated heterocycles. The fraction of sp³-hybridized carbons (Fsp3) is 0.172. The van der Waals surface area contributed by atoms with Crippen LogP contribution in [-0.2, 0) is 21.4 Å². The number of nitrogens with zero attached hydrogens (tertiary/aromatic N) is 1. The summed E-state index contributed by atoms with van der Waals surface area (Å²) in [5.41, 5.74) is 0.820. The highest BCUT2D eigenvalue weighted by Gasteiger charge is 2.55. The molecule has 5 rings (SSSR count). The first kappa shape index (κ1) is 29.1. The van der Waals surface area contributed by atoms with Crippen LogP contribution in [0.15, 0.2) is 94.7 Å². The second-order valence-corrected chi connectivity index (χ2v) is 12.8. The number of benzene rings is 3. The van der Waals surface area contributed by atoms with E-state index in [1.165, 1.54) is 30.3 Å². The lowest BCUT2D eigenvalue weighted by Crippen LogP contribution is -2.59. The van der Waals surface area contributed by atoms with E-state index in [0.29, 0.717) is 32.5 Å². The molecule has 2 unspecified atom stereocenters. The molecule has 0 radical (unpaired) electrons. The van der Waals surface area contributed by atoms with Crippen LogP contribution in [0.25, 0.3) is 0 Å². The summed E-state index contributed by atoms with van der Waals surface area (Å²) in [6.45, 7) is 1.79. The van der Waals surface area contributed by atoms with Gasteiger partial charge in [0.05, 0.1) is 4.90 Å². The second kappa shape index (κ2) is 11.4. The zero-order valence-electron chi connectivity index (χ0n) is 22.0. The van der Waals surface area contributed by atoms with Crippen molar-refractivity contribution in [3.8, 4) is 0 Å². The Hall–Kier alpha value is -3.44. The summed E-state index contributed by atoms with van der Waals surface area (Å²) in [4.78, 5) is 31.9. The molecule has 2 atom stereocenters. The largest absolute Gasteiger partial charge is 0.352 e. The molecule has 0 saturated carbocycles. The molecule has 8 nitrogen and oxygen atoms in total. The summed E-state index contributed by atoms with van der Waals surface area (Å²) >= 11 is 14.3. The normalized spacial score (nSPS) is 18.1. The van der Waals surface area contributed by atoms with Gasteiger partial charge in [-0.05, 0) is 66.6 Å². The number of hydrogen-bond donors (Lipinski definition) is 3. The van der Waals surface area contributed by atoms with E-state index < -0.39 is 32.9 Å². The summed E-state index contributed by atoms with van der Waals surface area (Å²) in [5.74, 6) is -1.68. The molecule has 12 heteroatoms. The number of pyridine rings is 1. The number of halogens is 2. The third-order valence-electron chi connectivity index (χ3n) is 7.21. The van der Waals surface area contributed by atoms with E-state index in [-0.39, 0.29) is 11.4 Å². The molecule has 3 aromatic carbocycles. The number of aromatic nitrogens is 1. The minimum absolute atomic E-state index is 0.0844. The molecule has 0 fully saturated rings. The van der Waals surface area contributed by atoms with Crippen LogP contribution < -0.4 is 19.9 Å². The Morgan fingerprint density at radius 2 is 1.80 bits per heavy atom. The van der Waals surface area contributed by atoms with E-state index in [1.807, 2.05) is 18.4 Å². The molecule has 3 N–H and O–H groups in total. The Bertz CT molecular complexity index is 1800. The van der Waals surface area contributed by atoms with Crippen molar-refractivity contribution in [2.75, 3.05) is 15.9 Å². The first-order valence-corrected chi connectivity index (χ1v) is 16.0. The van der Waals surface area contributed by atoms with Gasteiger partial charge in [-0.15, -0.1) is 0 Å². The number of rotatable bonds is 8. The molecule has 0 aliphatic carbocycles. The van der Waals surface area contributed by atoms with Gasteiger partial charge in [0.25, 0.3) is 21.5 Å². The number of fused-ring (bicyclic) bond motifs is 1. The number of carbonyl (C=O) groups excluding carboxylic acids is 1. The fourth-order valence-electron chi connectivity index (χ4n) is 5.27. The van der Waals surface area contributed by atoms with Crippen LogP contribution in [0.3, 0.4) is 0 Å². The van der Waals surface area contributed by atoms with Gasteiger partial charge in [-0.3, -0.25) is 9.59 Å². The van der Waals surface area contributed by atoms with Crippen molar-refractivity contribution in [3.63, 3.8) is 0 Å². The van der Waals surface area contributed by atoms with Crippen LogP contribution in [-0.4, -0.2) is 31.1 Å². The van der Waals surface area contributed by atoms with Crippen LogP contribution in [0, 0.1) is 0 Å². The van der Waals surface area contributed by atoms with Gasteiger partial charge in [-0.2, -0.15) is 0 Å². The molecule has 212 valence electrons. The maximum absolute atomic E-state index is 14.4. The van der Waals surface area contributed by atoms with E-state index in [0.717, 1.165) is 5.56 Å². The van der Waals surface area contributed by atoms with Crippen LogP contribution in [0.5, 0.6) is 0 Å². The summed E-state index contributed by atoms with van der Waals surface area (Å²) in [6.07, 6.45) is 3.31. The zero-order valence-corrected chi connectivity index (χ0v) is 25.2. The van der Waals surface area contributed by atoms with Gasteiger partial charge in [0.2, 0.25) is 0 Å². The van der Waals surface area contributed by atoms with Gasteiger partial charge in [0.1, 0.15) is 5.54 Å². The maximum atomic E-state index is 14.4. The Kier molecular flexibility index (Phi) is 8.11. The molecule has 1 aliphatic heterocycles. The lowest BCUT2D eigenvalue weighted by atomic mass is 9.78. The Morgan fingerprint density at radius 3 is 2.54 bits per heavy atom. The molecule has 0 bridgehead atoms. The number of hydrogen-bond acceptors (Lipinski definition) is 7. The molecule has 0 spiro atoms. The van der Waals surface area contributed by atoms with Crippen molar-refractivity contribution in [2.24, 2.45) is 0 Å². The van der Waals surface area contributed by atoms with Crippen molar-refractivity contribution in [2.45, 2.75) is 29.8 Å². The topological polar surface area (TPSA) is 111 Å². The van der Waals surface area contributed by atoms with Gasteiger partial charge in [-0.25, -0.2) is 13.1 Å². The molecule has 1 aliphatic rings. The molecular formula is C29H26Cl2N4O4S2. The molecule has 41 heavy (non-hydrogen) atoms. The van der Waals surface area contributed by atoms with E-state index in [4.69, 9.17) is 23.2 Å². The lowest BCUT2D eigenvalue weighted by molar-refractivity contribution is -0.124. The number of nitrogens with one attached hydrogen (secondary N) is 3. The number of anilines is 2. The smallest absolute Gasteiger partial charge is 0.264 e. The maximum Gasteiger partial charge on any atom is 0.264 e. The van der Waals surface area contributed by atoms with Crippen LogP contribution in [0.4, 0.5) is 11.4 Å². The van der Waals surface area contributed by atoms with Gasteiger partial charge in [0.15, 0.2) is 0 Å². The summed E-state index contributed by atoms with van der Waals surface area (Å²) < 4.78 is 32.4. The molecule has 1 amide bonds. The Labute approximate surface area is 252 Å². The Morgan fingerprint density at radius 1 is 1.02 bits per heavy atom. The van der Waals surface area contributed by atoms with Crippen molar-refractivity contribution >= 4 is 62.5 Å². The highest BCUT2D eigenvalue weighted by atomic mass is 35.5. The number of aromatic amines is 1. The SMILES string of the molecule is CSNc1cccc(S(=O)(=O)NC(=O)C2(C)C(c3ccc[nH]c3=O)c3cc(Cl)ccc3N2Cc2ccccc2Cl)c1. The number of H-pyrrole nitrogens is 1. The molecule has 1 aromatic heterocycles. The molecular weight excluding hydrogens is 603 g/mol. The first-order chi connectivity index (χ1) is 19.6. The van der Waals surface area contributed by atoms with E-state index >= 15 is 0 Å². The highest BCUT2D eigenvalue weighted by molar-refractivity contribution is 7.99. The first-order valence-electron chi connectivity index (χ1n) is 12.5. The van der Waals surface area contributed by atoms with Crippen LogP contribution in [0.1, 0.15) is 29.5 Å². The Balaban J connectivity index is 1.67. The monoisotopic (exact) mass is 628 g/mol. The standard InChI is InChI=1S/C29H26Cl2N4O4S2/c1-29(28(37)34-41(38,39)21-9-5-8-20(16-21)33-40-2)26(22-10-6-14-32-27(22)36)23-15-19(30)12-13-25(23)35(29)17-18-7-3-4-11-24(18)31/h3-16,26,33H,17H2,1-2H3,(H,32,36)(H,34,37). The average Bonchev–Trinajstić information content (AvgIpc) is 3.18. The minimum atomic E-state index is -4.31. The second-order valence-electron chi connectivity index (χ2n) is 9.68. The average molecular weight is 630 g/mol. The van der Waals surface area contributed by atoms with Crippen LogP contribution >= 0.6 is 35.1 Å². The highest BCUT2D eigenvalue weighted by Crippen LogP contribution is 2.52. The molecule has 4 aromatic rings. The van der Waals surface area contributed by atoms with E-state index in [1.54, 1.807) is 66.4 Å². The van der Waals surface area contributed by atoms with Gasteiger partial charge < -0.3 is 14.6 Å². The minimum Gasteiger partial charge on any atom is -0.352 e. The predicted octanol–water partition coefficient (Wildman–Crippen LogP) is 5.79.